The van der Waals surface area contributed by atoms with E-state index in [1.165, 1.54) is 0 Å². The fraction of sp³-hybridized carbons (Fsp3) is 0.565. The Kier molecular flexibility index (Phi) is 6.96. The third-order valence-electron chi connectivity index (χ3n) is 5.92. The van der Waals surface area contributed by atoms with Gasteiger partial charge in [0.1, 0.15) is 11.5 Å². The Morgan fingerprint density at radius 1 is 1.24 bits per heavy atom. The standard InChI is InChI=1S/C23H33N3O3/c1-6-26(7-2)23(27)18-10-12-25(13-11-18)15-20-17(4)29-22(24-20)19-8-9-21(28-5)16(3)14-19/h8-9,14,18H,6-7,10-13,15H2,1-5H3. The maximum absolute atomic E-state index is 12.6. The Hall–Kier alpha value is -2.34. The normalized spacial score (nSPS) is 15.5. The van der Waals surface area contributed by atoms with Crippen LogP contribution in [0, 0.1) is 19.8 Å². The first-order valence-electron chi connectivity index (χ1n) is 10.6. The lowest BCUT2D eigenvalue weighted by molar-refractivity contribution is -0.136. The molecular weight excluding hydrogens is 366 g/mol. The molecule has 0 N–H and O–H groups in total. The van der Waals surface area contributed by atoms with Gasteiger partial charge in [-0.1, -0.05) is 0 Å². The first-order chi connectivity index (χ1) is 14.0. The number of piperidine rings is 1. The van der Waals surface area contributed by atoms with Gasteiger partial charge in [-0.3, -0.25) is 9.69 Å². The van der Waals surface area contributed by atoms with Crippen molar-refractivity contribution >= 4 is 5.91 Å². The highest BCUT2D eigenvalue weighted by Gasteiger charge is 2.28. The van der Waals surface area contributed by atoms with Crippen LogP contribution in [-0.2, 0) is 11.3 Å². The number of methoxy groups -OCH3 is 1. The van der Waals surface area contributed by atoms with E-state index < -0.39 is 0 Å². The summed E-state index contributed by atoms with van der Waals surface area (Å²) in [5.41, 5.74) is 2.99. The van der Waals surface area contributed by atoms with Crippen LogP contribution in [0.25, 0.3) is 11.5 Å². The van der Waals surface area contributed by atoms with Gasteiger partial charge in [0.05, 0.1) is 12.8 Å². The summed E-state index contributed by atoms with van der Waals surface area (Å²) in [6.45, 7) is 12.3. The number of amides is 1. The summed E-state index contributed by atoms with van der Waals surface area (Å²) in [5, 5.41) is 0. The van der Waals surface area contributed by atoms with Crippen molar-refractivity contribution in [1.29, 1.82) is 0 Å². The third-order valence-corrected chi connectivity index (χ3v) is 5.92. The van der Waals surface area contributed by atoms with Crippen LogP contribution in [0.2, 0.25) is 0 Å². The first-order valence-corrected chi connectivity index (χ1v) is 10.6. The molecule has 2 heterocycles. The molecule has 6 heteroatoms. The summed E-state index contributed by atoms with van der Waals surface area (Å²) < 4.78 is 11.3. The summed E-state index contributed by atoms with van der Waals surface area (Å²) in [4.78, 5) is 21.7. The quantitative estimate of drug-likeness (QED) is 0.703. The number of hydrogen-bond donors (Lipinski definition) is 0. The highest BCUT2D eigenvalue weighted by atomic mass is 16.5. The number of aromatic nitrogens is 1. The number of carbonyl (C=O) groups excluding carboxylic acids is 1. The van der Waals surface area contributed by atoms with E-state index in [1.807, 2.05) is 50.8 Å². The molecule has 2 aromatic rings. The Bertz CT molecular complexity index is 834. The number of likely N-dealkylation sites (tertiary alicyclic amines) is 1. The lowest BCUT2D eigenvalue weighted by Gasteiger charge is -2.33. The maximum Gasteiger partial charge on any atom is 0.226 e. The molecule has 1 aliphatic heterocycles. The van der Waals surface area contributed by atoms with E-state index in [2.05, 4.69) is 4.90 Å². The summed E-state index contributed by atoms with van der Waals surface area (Å²) in [6, 6.07) is 5.96. The van der Waals surface area contributed by atoms with Gasteiger partial charge in [-0.2, -0.15) is 0 Å². The smallest absolute Gasteiger partial charge is 0.226 e. The summed E-state index contributed by atoms with van der Waals surface area (Å²) in [6.07, 6.45) is 1.83. The summed E-state index contributed by atoms with van der Waals surface area (Å²) >= 11 is 0. The van der Waals surface area contributed by atoms with Crippen molar-refractivity contribution in [2.24, 2.45) is 5.92 Å². The van der Waals surface area contributed by atoms with Crippen molar-refractivity contribution in [2.75, 3.05) is 33.3 Å². The second kappa shape index (κ2) is 9.44. The van der Waals surface area contributed by atoms with Crippen LogP contribution in [0.3, 0.4) is 0 Å². The van der Waals surface area contributed by atoms with E-state index in [4.69, 9.17) is 14.1 Å². The molecule has 0 spiro atoms. The molecule has 0 atom stereocenters. The Morgan fingerprint density at radius 3 is 2.52 bits per heavy atom. The molecule has 0 radical (unpaired) electrons. The van der Waals surface area contributed by atoms with E-state index in [0.29, 0.717) is 11.8 Å². The first kappa shape index (κ1) is 21.4. The fourth-order valence-electron chi connectivity index (χ4n) is 4.05. The van der Waals surface area contributed by atoms with Gasteiger partial charge in [0.25, 0.3) is 0 Å². The van der Waals surface area contributed by atoms with Crippen molar-refractivity contribution in [3.8, 4) is 17.2 Å². The van der Waals surface area contributed by atoms with Crippen LogP contribution in [0.1, 0.15) is 43.7 Å². The van der Waals surface area contributed by atoms with Crippen LogP contribution < -0.4 is 4.74 Å². The van der Waals surface area contributed by atoms with Gasteiger partial charge in [-0.05, 0) is 77.4 Å². The average Bonchev–Trinajstić information content (AvgIpc) is 3.09. The number of aryl methyl sites for hydroxylation is 2. The maximum atomic E-state index is 12.6. The van der Waals surface area contributed by atoms with Crippen molar-refractivity contribution in [3.05, 3.63) is 35.2 Å². The predicted molar refractivity (Wildman–Crippen MR) is 114 cm³/mol. The molecule has 1 saturated heterocycles. The monoisotopic (exact) mass is 399 g/mol. The molecule has 0 bridgehead atoms. The van der Waals surface area contributed by atoms with Crippen molar-refractivity contribution in [1.82, 2.24) is 14.8 Å². The molecule has 1 amide bonds. The van der Waals surface area contributed by atoms with Crippen molar-refractivity contribution in [2.45, 2.75) is 47.1 Å². The lowest BCUT2D eigenvalue weighted by Crippen LogP contribution is -2.42. The van der Waals surface area contributed by atoms with Crippen LogP contribution in [0.5, 0.6) is 5.75 Å². The topological polar surface area (TPSA) is 58.8 Å². The molecule has 1 aromatic heterocycles. The third kappa shape index (κ3) is 4.81. The minimum absolute atomic E-state index is 0.155. The lowest BCUT2D eigenvalue weighted by atomic mass is 9.95. The van der Waals surface area contributed by atoms with Crippen LogP contribution in [-0.4, -0.2) is 54.0 Å². The average molecular weight is 400 g/mol. The fourth-order valence-corrected chi connectivity index (χ4v) is 4.05. The highest BCUT2D eigenvalue weighted by Crippen LogP contribution is 2.28. The number of ether oxygens (including phenoxy) is 1. The largest absolute Gasteiger partial charge is 0.496 e. The van der Waals surface area contributed by atoms with Gasteiger partial charge in [0.15, 0.2) is 0 Å². The second-order valence-corrected chi connectivity index (χ2v) is 7.77. The van der Waals surface area contributed by atoms with Gasteiger partial charge >= 0.3 is 0 Å². The molecule has 3 rings (SSSR count). The number of benzene rings is 1. The van der Waals surface area contributed by atoms with Crippen LogP contribution >= 0.6 is 0 Å². The summed E-state index contributed by atoms with van der Waals surface area (Å²) in [7, 11) is 1.67. The molecule has 158 valence electrons. The van der Waals surface area contributed by atoms with Crippen LogP contribution in [0.15, 0.2) is 22.6 Å². The van der Waals surface area contributed by atoms with Gasteiger partial charge in [0.2, 0.25) is 11.8 Å². The van der Waals surface area contributed by atoms with E-state index in [-0.39, 0.29) is 5.92 Å². The van der Waals surface area contributed by atoms with Crippen molar-refractivity contribution in [3.63, 3.8) is 0 Å². The molecular formula is C23H33N3O3. The van der Waals surface area contributed by atoms with Crippen molar-refractivity contribution < 1.29 is 13.9 Å². The molecule has 0 aliphatic carbocycles. The summed E-state index contributed by atoms with van der Waals surface area (Å²) in [5.74, 6) is 2.83. The molecule has 1 aromatic carbocycles. The second-order valence-electron chi connectivity index (χ2n) is 7.77. The number of carbonyl (C=O) groups is 1. The SMILES string of the molecule is CCN(CC)C(=O)C1CCN(Cc2nc(-c3ccc(OC)c(C)c3)oc2C)CC1. The van der Waals surface area contributed by atoms with Gasteiger partial charge in [-0.15, -0.1) is 0 Å². The Balaban J connectivity index is 1.62. The zero-order chi connectivity index (χ0) is 21.0. The molecule has 29 heavy (non-hydrogen) atoms. The van der Waals surface area contributed by atoms with Gasteiger partial charge in [-0.25, -0.2) is 4.98 Å². The molecule has 0 saturated carbocycles. The van der Waals surface area contributed by atoms with E-state index in [0.717, 1.165) is 73.9 Å². The molecule has 0 unspecified atom stereocenters. The molecule has 1 fully saturated rings. The van der Waals surface area contributed by atoms with Crippen LogP contribution in [0.4, 0.5) is 0 Å². The minimum atomic E-state index is 0.155. The number of rotatable bonds is 7. The zero-order valence-electron chi connectivity index (χ0n) is 18.3. The molecule has 1 aliphatic rings. The number of nitrogens with zero attached hydrogens (tertiary/aromatic N) is 3. The van der Waals surface area contributed by atoms with Gasteiger partial charge < -0.3 is 14.1 Å². The number of oxazole rings is 1. The zero-order valence-corrected chi connectivity index (χ0v) is 18.3. The predicted octanol–water partition coefficient (Wildman–Crippen LogP) is 4.05. The van der Waals surface area contributed by atoms with E-state index in [9.17, 15) is 4.79 Å². The minimum Gasteiger partial charge on any atom is -0.496 e. The Labute approximate surface area is 173 Å². The number of hydrogen-bond acceptors (Lipinski definition) is 5. The van der Waals surface area contributed by atoms with E-state index in [1.54, 1.807) is 7.11 Å². The molecule has 6 nitrogen and oxygen atoms in total. The van der Waals surface area contributed by atoms with E-state index >= 15 is 0 Å². The highest BCUT2D eigenvalue weighted by molar-refractivity contribution is 5.78. The van der Waals surface area contributed by atoms with Gasteiger partial charge in [0, 0.05) is 31.1 Å². The Morgan fingerprint density at radius 2 is 1.93 bits per heavy atom.